The number of hydrogen-bond donors (Lipinski definition) is 4. The molecule has 0 aliphatic heterocycles. The maximum atomic E-state index is 12.8. The number of nitrogens with one attached hydrogen (secondary N) is 3. The fraction of sp³-hybridized carbons (Fsp3) is 0.636. The molecular formula is C33H53N3O6S. The van der Waals surface area contributed by atoms with E-state index in [-0.39, 0.29) is 23.8 Å². The number of unbranched alkanes of at least 4 members (excludes halogenated alkanes) is 11. The van der Waals surface area contributed by atoms with Gasteiger partial charge < -0.3 is 10.1 Å². The SMILES string of the molecule is CC#CCOc1ccc(S(=O)(=O)N[C@H](CCCNC(=O)CCCCCCCC=CCCCCCCCC)C(=O)NO)cc1. The molecule has 0 radical (unpaired) electrons. The van der Waals surface area contributed by atoms with Crippen molar-refractivity contribution in [1.82, 2.24) is 15.5 Å². The first kappa shape index (κ1) is 38.2. The molecule has 0 aliphatic carbocycles. The standard InChI is InChI=1S/C33H53N3O6S/c1-3-5-7-8-9-10-11-12-13-14-15-16-17-18-19-22-32(37)34-27-20-21-31(33(38)35-39)36-43(40,41)30-25-23-29(24-26-30)42-28-6-4-2/h12-13,23-26,31,36,39H,3,5,7-11,14-22,27-28H2,1-2H3,(H,34,37)(H,35,38)/t31-/m1/s1. The van der Waals surface area contributed by atoms with Gasteiger partial charge in [0.25, 0.3) is 5.91 Å². The summed E-state index contributed by atoms with van der Waals surface area (Å²) in [5, 5.41) is 11.9. The first-order chi connectivity index (χ1) is 20.8. The average molecular weight is 620 g/mol. The number of hydrogen-bond acceptors (Lipinski definition) is 6. The average Bonchev–Trinajstić information content (AvgIpc) is 3.00. The maximum absolute atomic E-state index is 12.8. The van der Waals surface area contributed by atoms with Crippen molar-refractivity contribution in [3.63, 3.8) is 0 Å². The van der Waals surface area contributed by atoms with Crippen LogP contribution in [0.3, 0.4) is 0 Å². The monoisotopic (exact) mass is 619 g/mol. The summed E-state index contributed by atoms with van der Waals surface area (Å²) in [7, 11) is -4.04. The van der Waals surface area contributed by atoms with E-state index in [9.17, 15) is 18.0 Å². The fourth-order valence-electron chi connectivity index (χ4n) is 4.46. The number of hydroxylamine groups is 1. The fourth-order valence-corrected chi connectivity index (χ4v) is 5.69. The predicted octanol–water partition coefficient (Wildman–Crippen LogP) is 6.17. The van der Waals surface area contributed by atoms with Crippen molar-refractivity contribution in [2.75, 3.05) is 13.2 Å². The molecule has 10 heteroatoms. The molecule has 0 fully saturated rings. The number of benzene rings is 1. The van der Waals surface area contributed by atoms with Gasteiger partial charge in [0.2, 0.25) is 15.9 Å². The van der Waals surface area contributed by atoms with Crippen LogP contribution in [0, 0.1) is 11.8 Å². The van der Waals surface area contributed by atoms with Crippen LogP contribution in [0.2, 0.25) is 0 Å². The molecule has 0 aromatic heterocycles. The molecule has 1 aromatic rings. The van der Waals surface area contributed by atoms with Gasteiger partial charge in [0, 0.05) is 13.0 Å². The van der Waals surface area contributed by atoms with Crippen molar-refractivity contribution in [2.24, 2.45) is 0 Å². The molecule has 0 bridgehead atoms. The van der Waals surface area contributed by atoms with Gasteiger partial charge in [-0.1, -0.05) is 76.4 Å². The molecule has 43 heavy (non-hydrogen) atoms. The molecule has 1 atom stereocenters. The number of carbonyl (C=O) groups is 2. The van der Waals surface area contributed by atoms with E-state index in [1.54, 1.807) is 6.92 Å². The van der Waals surface area contributed by atoms with E-state index < -0.39 is 22.0 Å². The molecular weight excluding hydrogens is 566 g/mol. The van der Waals surface area contributed by atoms with Gasteiger partial charge in [-0.05, 0) is 76.1 Å². The molecule has 0 aliphatic rings. The molecule has 0 unspecified atom stereocenters. The van der Waals surface area contributed by atoms with Crippen molar-refractivity contribution < 1.29 is 28.0 Å². The third kappa shape index (κ3) is 19.1. The van der Waals surface area contributed by atoms with Gasteiger partial charge in [-0.3, -0.25) is 14.8 Å². The zero-order valence-electron chi connectivity index (χ0n) is 26.2. The van der Waals surface area contributed by atoms with Crippen molar-refractivity contribution in [3.05, 3.63) is 36.4 Å². The van der Waals surface area contributed by atoms with E-state index in [1.165, 1.54) is 87.5 Å². The lowest BCUT2D eigenvalue weighted by Gasteiger charge is -2.17. The van der Waals surface area contributed by atoms with E-state index >= 15 is 0 Å². The highest BCUT2D eigenvalue weighted by Crippen LogP contribution is 2.17. The highest BCUT2D eigenvalue weighted by Gasteiger charge is 2.25. The molecule has 1 rings (SSSR count). The van der Waals surface area contributed by atoms with Gasteiger partial charge in [-0.15, -0.1) is 5.92 Å². The molecule has 1 aromatic carbocycles. The summed E-state index contributed by atoms with van der Waals surface area (Å²) in [6.45, 7) is 4.42. The Kier molecular flexibility index (Phi) is 21.8. The van der Waals surface area contributed by atoms with E-state index in [4.69, 9.17) is 9.94 Å². The summed E-state index contributed by atoms with van der Waals surface area (Å²) in [4.78, 5) is 24.2. The molecule has 0 saturated carbocycles. The molecule has 0 saturated heterocycles. The first-order valence-electron chi connectivity index (χ1n) is 15.8. The lowest BCUT2D eigenvalue weighted by Crippen LogP contribution is -2.46. The van der Waals surface area contributed by atoms with Crippen LogP contribution in [-0.4, -0.2) is 44.6 Å². The highest BCUT2D eigenvalue weighted by molar-refractivity contribution is 7.89. The van der Waals surface area contributed by atoms with Gasteiger partial charge in [-0.2, -0.15) is 4.72 Å². The minimum absolute atomic E-state index is 0.0505. The van der Waals surface area contributed by atoms with E-state index in [1.807, 2.05) is 0 Å². The topological polar surface area (TPSA) is 134 Å². The first-order valence-corrected chi connectivity index (χ1v) is 17.3. The third-order valence-electron chi connectivity index (χ3n) is 7.00. The van der Waals surface area contributed by atoms with E-state index in [2.05, 4.69) is 41.0 Å². The second kappa shape index (κ2) is 24.6. The van der Waals surface area contributed by atoms with Gasteiger partial charge in [0.1, 0.15) is 18.4 Å². The molecule has 4 N–H and O–H groups in total. The summed E-state index contributed by atoms with van der Waals surface area (Å²) >= 11 is 0. The zero-order valence-corrected chi connectivity index (χ0v) is 27.0. The Labute approximate surface area is 259 Å². The second-order valence-corrected chi connectivity index (χ2v) is 12.4. The second-order valence-electron chi connectivity index (χ2n) is 10.7. The van der Waals surface area contributed by atoms with Gasteiger partial charge >= 0.3 is 0 Å². The highest BCUT2D eigenvalue weighted by atomic mass is 32.2. The van der Waals surface area contributed by atoms with Crippen molar-refractivity contribution in [2.45, 2.75) is 128 Å². The minimum Gasteiger partial charge on any atom is -0.481 e. The van der Waals surface area contributed by atoms with Crippen LogP contribution in [0.4, 0.5) is 0 Å². The lowest BCUT2D eigenvalue weighted by molar-refractivity contribution is -0.131. The number of rotatable bonds is 25. The Balaban J connectivity index is 2.22. The van der Waals surface area contributed by atoms with Crippen LogP contribution >= 0.6 is 0 Å². The number of amides is 2. The molecule has 242 valence electrons. The normalized spacial score (nSPS) is 12.0. The quantitative estimate of drug-likeness (QED) is 0.0340. The Morgan fingerprint density at radius 1 is 0.907 bits per heavy atom. The smallest absolute Gasteiger partial charge is 0.261 e. The number of allylic oxidation sites excluding steroid dienone is 2. The summed E-state index contributed by atoms with van der Waals surface area (Å²) in [5.74, 6) is 4.98. The van der Waals surface area contributed by atoms with Gasteiger partial charge in [0.05, 0.1) is 4.90 Å². The molecule has 9 nitrogen and oxygen atoms in total. The Hall–Kier alpha value is -2.87. The Bertz CT molecular complexity index is 1090. The summed E-state index contributed by atoms with van der Waals surface area (Å²) < 4.78 is 33.3. The zero-order chi connectivity index (χ0) is 31.6. The minimum atomic E-state index is -4.04. The van der Waals surface area contributed by atoms with Crippen molar-refractivity contribution >= 4 is 21.8 Å². The Morgan fingerprint density at radius 3 is 2.12 bits per heavy atom. The van der Waals surface area contributed by atoms with E-state index in [0.717, 1.165) is 25.7 Å². The van der Waals surface area contributed by atoms with Crippen LogP contribution in [0.25, 0.3) is 0 Å². The van der Waals surface area contributed by atoms with Gasteiger partial charge in [-0.25, -0.2) is 13.9 Å². The summed E-state index contributed by atoms with van der Waals surface area (Å²) in [5.41, 5.74) is 1.51. The maximum Gasteiger partial charge on any atom is 0.261 e. The Morgan fingerprint density at radius 2 is 1.51 bits per heavy atom. The van der Waals surface area contributed by atoms with Crippen LogP contribution in [0.15, 0.2) is 41.3 Å². The van der Waals surface area contributed by atoms with E-state index in [0.29, 0.717) is 25.1 Å². The van der Waals surface area contributed by atoms with Crippen LogP contribution in [-0.2, 0) is 19.6 Å². The summed E-state index contributed by atoms with van der Waals surface area (Å²) in [6.07, 6.45) is 21.1. The van der Waals surface area contributed by atoms with Crippen LogP contribution in [0.1, 0.15) is 117 Å². The van der Waals surface area contributed by atoms with Crippen LogP contribution < -0.4 is 20.3 Å². The number of carbonyl (C=O) groups excluding carboxylic acids is 2. The summed E-state index contributed by atoms with van der Waals surface area (Å²) in [6, 6.07) is 4.52. The number of ether oxygens (including phenoxy) is 1. The molecule has 0 heterocycles. The molecule has 2 amide bonds. The van der Waals surface area contributed by atoms with Gasteiger partial charge in [0.15, 0.2) is 0 Å². The largest absolute Gasteiger partial charge is 0.481 e. The van der Waals surface area contributed by atoms with Crippen molar-refractivity contribution in [3.8, 4) is 17.6 Å². The third-order valence-corrected chi connectivity index (χ3v) is 8.49. The van der Waals surface area contributed by atoms with Crippen molar-refractivity contribution in [1.29, 1.82) is 0 Å². The van der Waals surface area contributed by atoms with Crippen LogP contribution in [0.5, 0.6) is 5.75 Å². The lowest BCUT2D eigenvalue weighted by atomic mass is 10.1. The molecule has 0 spiro atoms. The predicted molar refractivity (Wildman–Crippen MR) is 171 cm³/mol. The number of sulfonamides is 1.